The zero-order valence-corrected chi connectivity index (χ0v) is 7.38. The number of aliphatic hydroxyl groups is 1. The van der Waals surface area contributed by atoms with Crippen LogP contribution in [0.2, 0.25) is 5.02 Å². The summed E-state index contributed by atoms with van der Waals surface area (Å²) in [6.45, 7) is 0. The summed E-state index contributed by atoms with van der Waals surface area (Å²) in [4.78, 5) is 0. The molecule has 0 heterocycles. The van der Waals surface area contributed by atoms with Gasteiger partial charge in [0.1, 0.15) is 12.0 Å². The monoisotopic (exact) mass is 187 g/mol. The molecule has 4 heteroatoms. The van der Waals surface area contributed by atoms with Gasteiger partial charge in [0.2, 0.25) is 0 Å². The van der Waals surface area contributed by atoms with Crippen LogP contribution in [-0.4, -0.2) is 12.2 Å². The first kappa shape index (κ1) is 9.32. The van der Waals surface area contributed by atoms with Crippen molar-refractivity contribution < 1.29 is 9.84 Å². The van der Waals surface area contributed by atoms with Gasteiger partial charge in [-0.3, -0.25) is 0 Å². The molecule has 0 amide bonds. The lowest BCUT2D eigenvalue weighted by atomic mass is 10.2. The fourth-order valence-corrected chi connectivity index (χ4v) is 1.12. The lowest BCUT2D eigenvalue weighted by molar-refractivity contribution is 0.181. The van der Waals surface area contributed by atoms with Crippen LogP contribution in [0.5, 0.6) is 5.75 Å². The quantitative estimate of drug-likeness (QED) is 0.687. The highest BCUT2D eigenvalue weighted by Crippen LogP contribution is 2.25. The maximum atomic E-state index is 9.10. The highest BCUT2D eigenvalue weighted by Gasteiger charge is 2.08. The van der Waals surface area contributed by atoms with Gasteiger partial charge >= 0.3 is 0 Å². The van der Waals surface area contributed by atoms with Gasteiger partial charge in [-0.15, -0.1) is 0 Å². The smallest absolute Gasteiger partial charge is 0.132 e. The Bertz CT molecular complexity index is 276. The largest absolute Gasteiger partial charge is 0.496 e. The lowest BCUT2D eigenvalue weighted by Gasteiger charge is -2.10. The van der Waals surface area contributed by atoms with Crippen molar-refractivity contribution in [2.75, 3.05) is 7.11 Å². The highest BCUT2D eigenvalue weighted by molar-refractivity contribution is 6.30. The molecule has 0 aliphatic heterocycles. The SMILES string of the molecule is COc1ccc(Cl)cc1C(N)O. The molecule has 0 saturated carbocycles. The number of methoxy groups -OCH3 is 1. The summed E-state index contributed by atoms with van der Waals surface area (Å²) in [6.07, 6.45) is -1.06. The molecule has 3 nitrogen and oxygen atoms in total. The number of aliphatic hydroxyl groups excluding tert-OH is 1. The molecule has 0 aromatic heterocycles. The van der Waals surface area contributed by atoms with Crippen molar-refractivity contribution in [3.8, 4) is 5.75 Å². The molecule has 1 aromatic rings. The first-order valence-corrected chi connectivity index (χ1v) is 3.80. The van der Waals surface area contributed by atoms with Crippen molar-refractivity contribution in [3.05, 3.63) is 28.8 Å². The summed E-state index contributed by atoms with van der Waals surface area (Å²) in [5.74, 6) is 0.536. The number of nitrogens with two attached hydrogens (primary N) is 1. The Kier molecular flexibility index (Phi) is 2.92. The van der Waals surface area contributed by atoms with E-state index in [1.165, 1.54) is 7.11 Å². The van der Waals surface area contributed by atoms with E-state index in [0.29, 0.717) is 16.3 Å². The molecule has 0 fully saturated rings. The third-order valence-electron chi connectivity index (χ3n) is 1.51. The fourth-order valence-electron chi connectivity index (χ4n) is 0.936. The Labute approximate surface area is 75.7 Å². The van der Waals surface area contributed by atoms with Crippen molar-refractivity contribution in [2.45, 2.75) is 6.23 Å². The van der Waals surface area contributed by atoms with Crippen molar-refractivity contribution in [1.82, 2.24) is 0 Å². The Morgan fingerprint density at radius 2 is 2.25 bits per heavy atom. The predicted molar refractivity (Wildman–Crippen MR) is 47.2 cm³/mol. The van der Waals surface area contributed by atoms with Crippen molar-refractivity contribution >= 4 is 11.6 Å². The van der Waals surface area contributed by atoms with Crippen LogP contribution in [0, 0.1) is 0 Å². The van der Waals surface area contributed by atoms with Crippen LogP contribution >= 0.6 is 11.6 Å². The van der Waals surface area contributed by atoms with E-state index in [1.54, 1.807) is 18.2 Å². The van der Waals surface area contributed by atoms with E-state index in [9.17, 15) is 0 Å². The maximum absolute atomic E-state index is 9.10. The predicted octanol–water partition coefficient (Wildman–Crippen LogP) is 1.30. The Hall–Kier alpha value is -0.770. The van der Waals surface area contributed by atoms with Gasteiger partial charge in [0.05, 0.1) is 7.11 Å². The summed E-state index contributed by atoms with van der Waals surface area (Å²) in [6, 6.07) is 4.91. The molecular weight excluding hydrogens is 178 g/mol. The van der Waals surface area contributed by atoms with Crippen LogP contribution < -0.4 is 10.5 Å². The van der Waals surface area contributed by atoms with Gasteiger partial charge in [0, 0.05) is 10.6 Å². The average Bonchev–Trinajstić information content (AvgIpc) is 2.04. The second-order valence-corrected chi connectivity index (χ2v) is 2.77. The molecule has 0 aliphatic rings. The standard InChI is InChI=1S/C8H10ClNO2/c1-12-7-3-2-5(9)4-6(7)8(10)11/h2-4,8,11H,10H2,1H3. The first-order valence-electron chi connectivity index (χ1n) is 3.42. The molecule has 66 valence electrons. The van der Waals surface area contributed by atoms with Crippen LogP contribution in [0.1, 0.15) is 11.8 Å². The molecule has 12 heavy (non-hydrogen) atoms. The van der Waals surface area contributed by atoms with Gasteiger partial charge in [-0.25, -0.2) is 0 Å². The lowest BCUT2D eigenvalue weighted by Crippen LogP contribution is -2.09. The van der Waals surface area contributed by atoms with E-state index >= 15 is 0 Å². The number of halogens is 1. The van der Waals surface area contributed by atoms with Gasteiger partial charge in [0.25, 0.3) is 0 Å². The molecule has 1 rings (SSSR count). The zero-order valence-electron chi connectivity index (χ0n) is 6.62. The third-order valence-corrected chi connectivity index (χ3v) is 1.75. The van der Waals surface area contributed by atoms with E-state index in [-0.39, 0.29) is 0 Å². The minimum atomic E-state index is -1.06. The van der Waals surface area contributed by atoms with E-state index in [4.69, 9.17) is 27.2 Å². The van der Waals surface area contributed by atoms with E-state index in [1.807, 2.05) is 0 Å². The summed E-state index contributed by atoms with van der Waals surface area (Å²) in [5.41, 5.74) is 5.77. The van der Waals surface area contributed by atoms with Gasteiger partial charge in [-0.05, 0) is 18.2 Å². The van der Waals surface area contributed by atoms with Crippen LogP contribution in [0.3, 0.4) is 0 Å². The molecule has 0 bridgehead atoms. The number of ether oxygens (including phenoxy) is 1. The second-order valence-electron chi connectivity index (χ2n) is 2.33. The van der Waals surface area contributed by atoms with E-state index in [0.717, 1.165) is 0 Å². The van der Waals surface area contributed by atoms with E-state index in [2.05, 4.69) is 0 Å². The molecule has 3 N–H and O–H groups in total. The van der Waals surface area contributed by atoms with Crippen LogP contribution in [-0.2, 0) is 0 Å². The Morgan fingerprint density at radius 3 is 2.75 bits per heavy atom. The van der Waals surface area contributed by atoms with Gasteiger partial charge in [-0.2, -0.15) is 0 Å². The van der Waals surface area contributed by atoms with Gasteiger partial charge in [0.15, 0.2) is 0 Å². The first-order chi connectivity index (χ1) is 5.65. The average molecular weight is 188 g/mol. The minimum Gasteiger partial charge on any atom is -0.496 e. The molecule has 0 aliphatic carbocycles. The van der Waals surface area contributed by atoms with E-state index < -0.39 is 6.23 Å². The molecular formula is C8H10ClNO2. The Morgan fingerprint density at radius 1 is 1.58 bits per heavy atom. The normalized spacial score (nSPS) is 12.7. The van der Waals surface area contributed by atoms with Gasteiger partial charge < -0.3 is 15.6 Å². The fraction of sp³-hybridized carbons (Fsp3) is 0.250. The van der Waals surface area contributed by atoms with Gasteiger partial charge in [-0.1, -0.05) is 11.6 Å². The number of benzene rings is 1. The summed E-state index contributed by atoms with van der Waals surface area (Å²) in [5, 5.41) is 9.62. The number of hydrogen-bond donors (Lipinski definition) is 2. The minimum absolute atomic E-state index is 0.491. The van der Waals surface area contributed by atoms with Crippen LogP contribution in [0.15, 0.2) is 18.2 Å². The van der Waals surface area contributed by atoms with Crippen LogP contribution in [0.25, 0.3) is 0 Å². The second kappa shape index (κ2) is 3.76. The highest BCUT2D eigenvalue weighted by atomic mass is 35.5. The van der Waals surface area contributed by atoms with Crippen molar-refractivity contribution in [2.24, 2.45) is 5.73 Å². The molecule has 1 unspecified atom stereocenters. The van der Waals surface area contributed by atoms with Crippen molar-refractivity contribution in [3.63, 3.8) is 0 Å². The molecule has 0 spiro atoms. The molecule has 1 aromatic carbocycles. The number of rotatable bonds is 2. The maximum Gasteiger partial charge on any atom is 0.132 e. The third kappa shape index (κ3) is 1.88. The summed E-state index contributed by atoms with van der Waals surface area (Å²) < 4.78 is 4.96. The topological polar surface area (TPSA) is 55.5 Å². The van der Waals surface area contributed by atoms with Crippen molar-refractivity contribution in [1.29, 1.82) is 0 Å². The molecule has 0 saturated heterocycles. The molecule has 1 atom stereocenters. The molecule has 0 radical (unpaired) electrons. The zero-order chi connectivity index (χ0) is 9.14. The number of hydrogen-bond acceptors (Lipinski definition) is 3. The van der Waals surface area contributed by atoms with Crippen LogP contribution in [0.4, 0.5) is 0 Å². The Balaban J connectivity index is 3.12. The summed E-state index contributed by atoms with van der Waals surface area (Å²) in [7, 11) is 1.51. The summed E-state index contributed by atoms with van der Waals surface area (Å²) >= 11 is 5.70.